The van der Waals surface area contributed by atoms with Crippen molar-refractivity contribution in [2.24, 2.45) is 0 Å². The molecule has 1 rings (SSSR count). The molecular formula is C10H13NO. The van der Waals surface area contributed by atoms with Gasteiger partial charge in [0.05, 0.1) is 0 Å². The lowest BCUT2D eigenvalue weighted by molar-refractivity contribution is -0.116. The molecular weight excluding hydrogens is 150 g/mol. The van der Waals surface area contributed by atoms with Gasteiger partial charge in [0.2, 0.25) is 0 Å². The summed E-state index contributed by atoms with van der Waals surface area (Å²) >= 11 is 0. The van der Waals surface area contributed by atoms with Crippen LogP contribution in [0.15, 0.2) is 36.1 Å². The Hall–Kier alpha value is -1.31. The molecule has 0 aromatic carbocycles. The summed E-state index contributed by atoms with van der Waals surface area (Å²) in [6, 6.07) is 0. The van der Waals surface area contributed by atoms with E-state index in [2.05, 4.69) is 11.4 Å². The smallest absolute Gasteiger partial charge is 0.250 e. The van der Waals surface area contributed by atoms with E-state index in [1.165, 1.54) is 0 Å². The van der Waals surface area contributed by atoms with Crippen molar-refractivity contribution in [3.05, 3.63) is 36.1 Å². The number of allylic oxidation sites excluding steroid dienone is 4. The molecule has 0 aromatic heterocycles. The van der Waals surface area contributed by atoms with Gasteiger partial charge in [-0.05, 0) is 19.8 Å². The summed E-state index contributed by atoms with van der Waals surface area (Å²) in [6.07, 6.45) is 11.5. The summed E-state index contributed by atoms with van der Waals surface area (Å²) in [5, 5.41) is 2.68. The summed E-state index contributed by atoms with van der Waals surface area (Å²) in [6.45, 7) is 1.80. The normalized spacial score (nSPS) is 23.8. The molecule has 0 atom stereocenters. The van der Waals surface area contributed by atoms with E-state index in [4.69, 9.17) is 0 Å². The van der Waals surface area contributed by atoms with Crippen molar-refractivity contribution in [2.75, 3.05) is 0 Å². The Kier molecular flexibility index (Phi) is 3.33. The lowest BCUT2D eigenvalue weighted by Gasteiger charge is -1.99. The minimum atomic E-state index is -0.0298. The zero-order valence-electron chi connectivity index (χ0n) is 7.21. The zero-order chi connectivity index (χ0) is 8.81. The van der Waals surface area contributed by atoms with E-state index >= 15 is 0 Å². The average molecular weight is 163 g/mol. The Morgan fingerprint density at radius 2 is 2.08 bits per heavy atom. The second kappa shape index (κ2) is 4.54. The third-order valence-electron chi connectivity index (χ3n) is 1.67. The van der Waals surface area contributed by atoms with Gasteiger partial charge in [-0.15, -0.1) is 0 Å². The van der Waals surface area contributed by atoms with Gasteiger partial charge in [0.25, 0.3) is 5.91 Å². The van der Waals surface area contributed by atoms with Crippen molar-refractivity contribution in [2.45, 2.75) is 19.8 Å². The highest BCUT2D eigenvalue weighted by Crippen LogP contribution is 1.98. The predicted octanol–water partition coefficient (Wildman–Crippen LogP) is 1.91. The first-order valence-corrected chi connectivity index (χ1v) is 4.10. The molecule has 1 heterocycles. The van der Waals surface area contributed by atoms with Gasteiger partial charge in [0.1, 0.15) is 0 Å². The van der Waals surface area contributed by atoms with Crippen LogP contribution in [-0.2, 0) is 4.79 Å². The fourth-order valence-electron chi connectivity index (χ4n) is 0.909. The van der Waals surface area contributed by atoms with Crippen molar-refractivity contribution in [1.82, 2.24) is 5.32 Å². The summed E-state index contributed by atoms with van der Waals surface area (Å²) in [4.78, 5) is 11.2. The van der Waals surface area contributed by atoms with Crippen molar-refractivity contribution >= 4 is 5.91 Å². The maximum Gasteiger partial charge on any atom is 0.250 e. The number of carbonyl (C=O) groups excluding carboxylic acids is 1. The summed E-state index contributed by atoms with van der Waals surface area (Å²) < 4.78 is 0. The Morgan fingerprint density at radius 1 is 1.33 bits per heavy atom. The SMILES string of the molecule is CC1=C/C=C\CC/C=C/NC1=O. The highest BCUT2D eigenvalue weighted by molar-refractivity contribution is 5.93. The Bertz CT molecular complexity index is 249. The van der Waals surface area contributed by atoms with Gasteiger partial charge >= 0.3 is 0 Å². The van der Waals surface area contributed by atoms with E-state index in [0.717, 1.165) is 18.4 Å². The van der Waals surface area contributed by atoms with E-state index < -0.39 is 0 Å². The molecule has 0 bridgehead atoms. The van der Waals surface area contributed by atoms with Crippen LogP contribution in [0.4, 0.5) is 0 Å². The monoisotopic (exact) mass is 163 g/mol. The third-order valence-corrected chi connectivity index (χ3v) is 1.67. The van der Waals surface area contributed by atoms with Crippen LogP contribution in [0, 0.1) is 0 Å². The second-order valence-electron chi connectivity index (χ2n) is 2.73. The van der Waals surface area contributed by atoms with Crippen molar-refractivity contribution < 1.29 is 4.79 Å². The number of amides is 1. The zero-order valence-corrected chi connectivity index (χ0v) is 7.21. The summed E-state index contributed by atoms with van der Waals surface area (Å²) in [7, 11) is 0. The highest BCUT2D eigenvalue weighted by atomic mass is 16.1. The molecule has 1 N–H and O–H groups in total. The van der Waals surface area contributed by atoms with E-state index in [1.54, 1.807) is 13.1 Å². The fourth-order valence-corrected chi connectivity index (χ4v) is 0.909. The molecule has 0 unspecified atom stereocenters. The van der Waals surface area contributed by atoms with Crippen LogP contribution in [0.25, 0.3) is 0 Å². The molecule has 0 spiro atoms. The molecule has 1 amide bonds. The van der Waals surface area contributed by atoms with Crippen LogP contribution < -0.4 is 5.32 Å². The first kappa shape index (κ1) is 8.78. The van der Waals surface area contributed by atoms with Crippen molar-refractivity contribution in [3.63, 3.8) is 0 Å². The van der Waals surface area contributed by atoms with Crippen LogP contribution in [0.1, 0.15) is 19.8 Å². The molecule has 0 radical (unpaired) electrons. The Balaban J connectivity index is 2.72. The lowest BCUT2D eigenvalue weighted by atomic mass is 10.2. The molecule has 1 aliphatic heterocycles. The quantitative estimate of drug-likeness (QED) is 0.580. The maximum atomic E-state index is 11.2. The minimum absolute atomic E-state index is 0.0298. The van der Waals surface area contributed by atoms with E-state index in [9.17, 15) is 4.79 Å². The predicted molar refractivity (Wildman–Crippen MR) is 49.4 cm³/mol. The third kappa shape index (κ3) is 2.74. The molecule has 0 saturated carbocycles. The number of nitrogens with one attached hydrogen (secondary N) is 1. The van der Waals surface area contributed by atoms with Gasteiger partial charge in [-0.1, -0.05) is 24.3 Å². The fraction of sp³-hybridized carbons (Fsp3) is 0.300. The summed E-state index contributed by atoms with van der Waals surface area (Å²) in [5.74, 6) is -0.0298. The largest absolute Gasteiger partial charge is 0.329 e. The maximum absolute atomic E-state index is 11.2. The van der Waals surface area contributed by atoms with Gasteiger partial charge < -0.3 is 5.32 Å². The number of carbonyl (C=O) groups is 1. The van der Waals surface area contributed by atoms with Gasteiger partial charge in [-0.3, -0.25) is 4.79 Å². The number of hydrogen-bond acceptors (Lipinski definition) is 1. The van der Waals surface area contributed by atoms with Crippen LogP contribution in [0.2, 0.25) is 0 Å². The van der Waals surface area contributed by atoms with Gasteiger partial charge in [-0.2, -0.15) is 0 Å². The van der Waals surface area contributed by atoms with Crippen LogP contribution in [0.3, 0.4) is 0 Å². The number of rotatable bonds is 0. The Morgan fingerprint density at radius 3 is 2.92 bits per heavy atom. The van der Waals surface area contributed by atoms with E-state index in [-0.39, 0.29) is 5.91 Å². The number of hydrogen-bond donors (Lipinski definition) is 1. The lowest BCUT2D eigenvalue weighted by Crippen LogP contribution is -2.17. The molecule has 0 saturated heterocycles. The first-order valence-electron chi connectivity index (χ1n) is 4.10. The molecule has 0 aromatic rings. The van der Waals surface area contributed by atoms with E-state index in [0.29, 0.717) is 0 Å². The standard InChI is InChI=1S/C10H13NO/c1-9-7-5-3-2-4-6-8-11-10(9)12/h3,5-8H,2,4H2,1H3,(H,11,12)/b5-3-,8-6+,9-7?. The van der Waals surface area contributed by atoms with Gasteiger partial charge in [0.15, 0.2) is 0 Å². The minimum Gasteiger partial charge on any atom is -0.329 e. The van der Waals surface area contributed by atoms with Crippen LogP contribution in [0.5, 0.6) is 0 Å². The summed E-state index contributed by atoms with van der Waals surface area (Å²) in [5.41, 5.74) is 0.734. The highest BCUT2D eigenvalue weighted by Gasteiger charge is 1.99. The first-order chi connectivity index (χ1) is 5.80. The van der Waals surface area contributed by atoms with Crippen LogP contribution in [-0.4, -0.2) is 5.91 Å². The van der Waals surface area contributed by atoms with Gasteiger partial charge in [-0.25, -0.2) is 0 Å². The van der Waals surface area contributed by atoms with E-state index in [1.807, 2.05) is 18.2 Å². The average Bonchev–Trinajstić information content (AvgIpc) is 2.08. The van der Waals surface area contributed by atoms with Crippen LogP contribution >= 0.6 is 0 Å². The molecule has 2 nitrogen and oxygen atoms in total. The second-order valence-corrected chi connectivity index (χ2v) is 2.73. The van der Waals surface area contributed by atoms with Crippen molar-refractivity contribution in [3.8, 4) is 0 Å². The Labute approximate surface area is 72.7 Å². The molecule has 12 heavy (non-hydrogen) atoms. The molecule has 2 heteroatoms. The molecule has 0 aliphatic carbocycles. The molecule has 0 fully saturated rings. The van der Waals surface area contributed by atoms with Crippen molar-refractivity contribution in [1.29, 1.82) is 0 Å². The molecule has 64 valence electrons. The topological polar surface area (TPSA) is 29.1 Å². The van der Waals surface area contributed by atoms with Gasteiger partial charge in [0, 0.05) is 11.8 Å². The molecule has 1 aliphatic rings.